The first-order valence-corrected chi connectivity index (χ1v) is 11.5. The van der Waals surface area contributed by atoms with E-state index < -0.39 is 10.0 Å². The second kappa shape index (κ2) is 9.07. The third-order valence-corrected chi connectivity index (χ3v) is 7.49. The molecule has 0 aliphatic carbocycles. The highest BCUT2D eigenvalue weighted by Crippen LogP contribution is 2.20. The maximum atomic E-state index is 13.0. The van der Waals surface area contributed by atoms with Crippen molar-refractivity contribution in [2.75, 3.05) is 38.0 Å². The SMILES string of the molecule is CCc1ccc(NC(=O)C[NH+]2CCN(S(=O)(=O)c3ccc(C)cc3C)CC2)cc1. The van der Waals surface area contributed by atoms with Crippen molar-refractivity contribution in [2.24, 2.45) is 0 Å². The molecule has 2 aromatic rings. The summed E-state index contributed by atoms with van der Waals surface area (Å²) in [5.41, 5.74) is 3.84. The second-order valence-electron chi connectivity index (χ2n) is 7.70. The zero-order valence-electron chi connectivity index (χ0n) is 17.4. The fourth-order valence-electron chi connectivity index (χ4n) is 3.70. The molecule has 1 aliphatic rings. The average molecular weight is 417 g/mol. The van der Waals surface area contributed by atoms with Crippen LogP contribution in [0.1, 0.15) is 23.6 Å². The van der Waals surface area contributed by atoms with E-state index in [1.807, 2.05) is 50.2 Å². The zero-order valence-corrected chi connectivity index (χ0v) is 18.2. The van der Waals surface area contributed by atoms with Crippen molar-refractivity contribution in [2.45, 2.75) is 32.1 Å². The summed E-state index contributed by atoms with van der Waals surface area (Å²) >= 11 is 0. The van der Waals surface area contributed by atoms with Gasteiger partial charge in [-0.3, -0.25) is 4.79 Å². The van der Waals surface area contributed by atoms with Crippen molar-refractivity contribution < 1.29 is 18.1 Å². The molecule has 1 aliphatic heterocycles. The number of rotatable bonds is 6. The lowest BCUT2D eigenvalue weighted by Gasteiger charge is -2.31. The summed E-state index contributed by atoms with van der Waals surface area (Å²) in [7, 11) is -3.50. The molecule has 3 rings (SSSR count). The highest BCUT2D eigenvalue weighted by atomic mass is 32.2. The Morgan fingerprint density at radius 2 is 1.72 bits per heavy atom. The standard InChI is InChI=1S/C22H29N3O3S/c1-4-19-6-8-20(9-7-19)23-22(26)16-24-11-13-25(14-12-24)29(27,28)21-10-5-17(2)15-18(21)3/h5-10,15H,4,11-14,16H2,1-3H3,(H,23,26)/p+1. The van der Waals surface area contributed by atoms with Gasteiger partial charge in [0.2, 0.25) is 10.0 Å². The summed E-state index contributed by atoms with van der Waals surface area (Å²) in [6.45, 7) is 8.29. The van der Waals surface area contributed by atoms with Crippen LogP contribution in [0.15, 0.2) is 47.4 Å². The van der Waals surface area contributed by atoms with E-state index in [-0.39, 0.29) is 5.91 Å². The number of piperazine rings is 1. The predicted octanol–water partition coefficient (Wildman–Crippen LogP) is 1.39. The molecule has 1 fully saturated rings. The quantitative estimate of drug-likeness (QED) is 0.748. The van der Waals surface area contributed by atoms with Crippen LogP contribution in [0.25, 0.3) is 0 Å². The van der Waals surface area contributed by atoms with Crippen LogP contribution in [0.3, 0.4) is 0 Å². The van der Waals surface area contributed by atoms with E-state index >= 15 is 0 Å². The molecule has 29 heavy (non-hydrogen) atoms. The van der Waals surface area contributed by atoms with Crippen LogP contribution in [0, 0.1) is 13.8 Å². The molecule has 1 heterocycles. The molecule has 0 bridgehead atoms. The van der Waals surface area contributed by atoms with Gasteiger partial charge in [0, 0.05) is 5.69 Å². The Labute approximate surface area is 173 Å². The Bertz CT molecular complexity index is 963. The van der Waals surface area contributed by atoms with Gasteiger partial charge in [-0.05, 0) is 49.6 Å². The van der Waals surface area contributed by atoms with Gasteiger partial charge in [0.15, 0.2) is 6.54 Å². The van der Waals surface area contributed by atoms with E-state index in [0.717, 1.165) is 28.1 Å². The average Bonchev–Trinajstić information content (AvgIpc) is 2.68. The number of hydrogen-bond acceptors (Lipinski definition) is 3. The fourth-order valence-corrected chi connectivity index (χ4v) is 5.35. The van der Waals surface area contributed by atoms with Gasteiger partial charge in [-0.15, -0.1) is 0 Å². The molecule has 1 amide bonds. The number of hydrogen-bond donors (Lipinski definition) is 2. The maximum Gasteiger partial charge on any atom is 0.279 e. The van der Waals surface area contributed by atoms with E-state index in [0.29, 0.717) is 37.6 Å². The highest BCUT2D eigenvalue weighted by Gasteiger charge is 2.32. The molecule has 0 unspecified atom stereocenters. The first-order valence-electron chi connectivity index (χ1n) is 10.1. The molecule has 0 radical (unpaired) electrons. The number of amides is 1. The normalized spacial score (nSPS) is 16.0. The Kier molecular flexibility index (Phi) is 6.72. The van der Waals surface area contributed by atoms with Crippen molar-refractivity contribution in [3.8, 4) is 0 Å². The van der Waals surface area contributed by atoms with Gasteiger partial charge in [-0.25, -0.2) is 8.42 Å². The molecule has 7 heteroatoms. The summed E-state index contributed by atoms with van der Waals surface area (Å²) in [6, 6.07) is 13.3. The molecule has 2 aromatic carbocycles. The number of quaternary nitrogens is 1. The summed E-state index contributed by atoms with van der Waals surface area (Å²) < 4.78 is 27.5. The minimum atomic E-state index is -3.50. The molecule has 2 N–H and O–H groups in total. The Morgan fingerprint density at radius 1 is 1.07 bits per heavy atom. The largest absolute Gasteiger partial charge is 0.325 e. The smallest absolute Gasteiger partial charge is 0.279 e. The van der Waals surface area contributed by atoms with Crippen LogP contribution < -0.4 is 10.2 Å². The van der Waals surface area contributed by atoms with Crippen molar-refractivity contribution in [1.82, 2.24) is 4.31 Å². The molecular weight excluding hydrogens is 386 g/mol. The van der Waals surface area contributed by atoms with Crippen LogP contribution >= 0.6 is 0 Å². The summed E-state index contributed by atoms with van der Waals surface area (Å²) in [4.78, 5) is 13.8. The Morgan fingerprint density at radius 3 is 2.31 bits per heavy atom. The molecule has 156 valence electrons. The first kappa shape index (κ1) is 21.5. The van der Waals surface area contributed by atoms with Crippen LogP contribution in [0.5, 0.6) is 0 Å². The van der Waals surface area contributed by atoms with Crippen LogP contribution in [-0.4, -0.2) is 51.4 Å². The number of nitrogens with one attached hydrogen (secondary N) is 2. The number of nitrogens with zero attached hydrogens (tertiary/aromatic N) is 1. The highest BCUT2D eigenvalue weighted by molar-refractivity contribution is 7.89. The Balaban J connectivity index is 1.55. The van der Waals surface area contributed by atoms with E-state index in [1.165, 1.54) is 9.87 Å². The number of carbonyl (C=O) groups is 1. The van der Waals surface area contributed by atoms with E-state index in [2.05, 4.69) is 12.2 Å². The monoisotopic (exact) mass is 416 g/mol. The van der Waals surface area contributed by atoms with Crippen molar-refractivity contribution in [3.05, 3.63) is 59.2 Å². The molecule has 6 nitrogen and oxygen atoms in total. The lowest BCUT2D eigenvalue weighted by Crippen LogP contribution is -3.15. The number of benzene rings is 2. The van der Waals surface area contributed by atoms with Gasteiger partial charge < -0.3 is 10.2 Å². The van der Waals surface area contributed by atoms with Gasteiger partial charge in [0.25, 0.3) is 5.91 Å². The van der Waals surface area contributed by atoms with Crippen LogP contribution in [0.4, 0.5) is 5.69 Å². The zero-order chi connectivity index (χ0) is 21.0. The molecular formula is C22H30N3O3S+. The predicted molar refractivity (Wildman–Crippen MR) is 115 cm³/mol. The van der Waals surface area contributed by atoms with Gasteiger partial charge in [0.1, 0.15) is 0 Å². The molecule has 1 saturated heterocycles. The van der Waals surface area contributed by atoms with Gasteiger partial charge in [-0.1, -0.05) is 36.8 Å². The molecule has 0 aromatic heterocycles. The summed E-state index contributed by atoms with van der Waals surface area (Å²) in [5, 5.41) is 2.93. The van der Waals surface area contributed by atoms with E-state index in [4.69, 9.17) is 0 Å². The number of anilines is 1. The molecule has 0 spiro atoms. The van der Waals surface area contributed by atoms with Crippen molar-refractivity contribution in [3.63, 3.8) is 0 Å². The van der Waals surface area contributed by atoms with Gasteiger partial charge >= 0.3 is 0 Å². The summed E-state index contributed by atoms with van der Waals surface area (Å²) in [5.74, 6) is -0.0464. The minimum Gasteiger partial charge on any atom is -0.325 e. The minimum absolute atomic E-state index is 0.0464. The molecule has 0 atom stereocenters. The first-order chi connectivity index (χ1) is 13.8. The fraction of sp³-hybridized carbons (Fsp3) is 0.409. The van der Waals surface area contributed by atoms with Crippen molar-refractivity contribution >= 4 is 21.6 Å². The topological polar surface area (TPSA) is 70.9 Å². The summed E-state index contributed by atoms with van der Waals surface area (Å²) in [6.07, 6.45) is 0.966. The lowest BCUT2D eigenvalue weighted by molar-refractivity contribution is -0.895. The maximum absolute atomic E-state index is 13.0. The van der Waals surface area contributed by atoms with Crippen LogP contribution in [-0.2, 0) is 21.2 Å². The van der Waals surface area contributed by atoms with Crippen molar-refractivity contribution in [1.29, 1.82) is 0 Å². The third kappa shape index (κ3) is 5.23. The molecule has 0 saturated carbocycles. The van der Waals surface area contributed by atoms with Crippen LogP contribution in [0.2, 0.25) is 0 Å². The van der Waals surface area contributed by atoms with E-state index in [9.17, 15) is 13.2 Å². The Hall–Kier alpha value is -2.22. The van der Waals surface area contributed by atoms with Gasteiger partial charge in [-0.2, -0.15) is 4.31 Å². The second-order valence-corrected chi connectivity index (χ2v) is 9.60. The number of carbonyl (C=O) groups excluding carboxylic acids is 1. The van der Waals surface area contributed by atoms with Gasteiger partial charge in [0.05, 0.1) is 31.1 Å². The van der Waals surface area contributed by atoms with E-state index in [1.54, 1.807) is 6.07 Å². The number of sulfonamides is 1. The third-order valence-electron chi connectivity index (χ3n) is 5.43. The number of aryl methyl sites for hydroxylation is 3. The lowest BCUT2D eigenvalue weighted by atomic mass is 10.1.